The number of methoxy groups -OCH3 is 1. The van der Waals surface area contributed by atoms with Gasteiger partial charge in [-0.05, 0) is 49.2 Å². The fourth-order valence-electron chi connectivity index (χ4n) is 1.53. The molecule has 1 rings (SSSR count). The van der Waals surface area contributed by atoms with E-state index in [0.717, 1.165) is 30.2 Å². The van der Waals surface area contributed by atoms with Gasteiger partial charge in [-0.15, -0.1) is 0 Å². The quantitative estimate of drug-likeness (QED) is 0.642. The van der Waals surface area contributed by atoms with Crippen LogP contribution in [0.1, 0.15) is 6.42 Å². The van der Waals surface area contributed by atoms with Crippen LogP contribution in [-0.2, 0) is 0 Å². The highest BCUT2D eigenvalue weighted by molar-refractivity contribution is 7.98. The van der Waals surface area contributed by atoms with Gasteiger partial charge in [-0.1, -0.05) is 0 Å². The van der Waals surface area contributed by atoms with Crippen molar-refractivity contribution >= 4 is 11.8 Å². The molecule has 1 unspecified atom stereocenters. The van der Waals surface area contributed by atoms with Crippen molar-refractivity contribution < 1.29 is 14.6 Å². The van der Waals surface area contributed by atoms with Crippen LogP contribution in [0.4, 0.5) is 0 Å². The fourth-order valence-corrected chi connectivity index (χ4v) is 1.97. The number of aliphatic hydroxyl groups is 1. The summed E-state index contributed by atoms with van der Waals surface area (Å²) in [4.78, 5) is 0. The van der Waals surface area contributed by atoms with Gasteiger partial charge in [0.05, 0.1) is 7.11 Å². The number of hydrogen-bond acceptors (Lipinski definition) is 5. The summed E-state index contributed by atoms with van der Waals surface area (Å²) in [5.74, 6) is 2.68. The third kappa shape index (κ3) is 7.30. The zero-order valence-electron chi connectivity index (χ0n) is 11.6. The van der Waals surface area contributed by atoms with Gasteiger partial charge in [0.15, 0.2) is 0 Å². The minimum absolute atomic E-state index is 0.294. The van der Waals surface area contributed by atoms with E-state index < -0.39 is 6.10 Å². The van der Waals surface area contributed by atoms with E-state index in [1.807, 2.05) is 36.0 Å². The molecule has 0 amide bonds. The van der Waals surface area contributed by atoms with Crippen molar-refractivity contribution in [3.8, 4) is 11.5 Å². The van der Waals surface area contributed by atoms with E-state index in [1.54, 1.807) is 7.11 Å². The van der Waals surface area contributed by atoms with Gasteiger partial charge in [0, 0.05) is 6.54 Å². The van der Waals surface area contributed by atoms with Crippen molar-refractivity contribution in [2.45, 2.75) is 12.5 Å². The van der Waals surface area contributed by atoms with Gasteiger partial charge in [-0.2, -0.15) is 11.8 Å². The maximum absolute atomic E-state index is 9.75. The molecular weight excluding hydrogens is 262 g/mol. The van der Waals surface area contributed by atoms with Crippen molar-refractivity contribution in [1.29, 1.82) is 0 Å². The molecular formula is C14H23NO3S. The van der Waals surface area contributed by atoms with E-state index in [4.69, 9.17) is 9.47 Å². The lowest BCUT2D eigenvalue weighted by Crippen LogP contribution is -2.32. The summed E-state index contributed by atoms with van der Waals surface area (Å²) in [5.41, 5.74) is 0. The molecule has 0 heterocycles. The normalized spacial score (nSPS) is 12.2. The number of hydrogen-bond donors (Lipinski definition) is 2. The molecule has 1 atom stereocenters. The predicted molar refractivity (Wildman–Crippen MR) is 80.4 cm³/mol. The Morgan fingerprint density at radius 1 is 1.26 bits per heavy atom. The van der Waals surface area contributed by atoms with Gasteiger partial charge in [0.1, 0.15) is 24.2 Å². The molecule has 0 radical (unpaired) electrons. The van der Waals surface area contributed by atoms with Gasteiger partial charge in [0.25, 0.3) is 0 Å². The first-order valence-corrected chi connectivity index (χ1v) is 7.80. The maximum Gasteiger partial charge on any atom is 0.119 e. The molecule has 108 valence electrons. The van der Waals surface area contributed by atoms with Crippen LogP contribution in [0.3, 0.4) is 0 Å². The fraction of sp³-hybridized carbons (Fsp3) is 0.571. The molecule has 1 aromatic rings. The van der Waals surface area contributed by atoms with E-state index in [0.29, 0.717) is 13.2 Å². The smallest absolute Gasteiger partial charge is 0.119 e. The highest BCUT2D eigenvalue weighted by atomic mass is 32.2. The van der Waals surface area contributed by atoms with Crippen LogP contribution in [0.25, 0.3) is 0 Å². The number of ether oxygens (including phenoxy) is 2. The van der Waals surface area contributed by atoms with Crippen LogP contribution in [0.2, 0.25) is 0 Å². The van der Waals surface area contributed by atoms with Crippen molar-refractivity contribution in [2.24, 2.45) is 0 Å². The van der Waals surface area contributed by atoms with Crippen molar-refractivity contribution in [1.82, 2.24) is 5.32 Å². The number of nitrogens with one attached hydrogen (secondary N) is 1. The molecule has 4 nitrogen and oxygen atoms in total. The molecule has 5 heteroatoms. The Balaban J connectivity index is 2.13. The zero-order chi connectivity index (χ0) is 13.9. The molecule has 0 bridgehead atoms. The van der Waals surface area contributed by atoms with E-state index in [2.05, 4.69) is 11.6 Å². The summed E-state index contributed by atoms with van der Waals surface area (Å²) < 4.78 is 10.6. The van der Waals surface area contributed by atoms with Crippen LogP contribution in [0.5, 0.6) is 11.5 Å². The van der Waals surface area contributed by atoms with E-state index in [-0.39, 0.29) is 0 Å². The largest absolute Gasteiger partial charge is 0.497 e. The highest BCUT2D eigenvalue weighted by Gasteiger charge is 2.04. The van der Waals surface area contributed by atoms with Crippen LogP contribution in [0, 0.1) is 0 Å². The van der Waals surface area contributed by atoms with Gasteiger partial charge in [-0.3, -0.25) is 0 Å². The lowest BCUT2D eigenvalue weighted by atomic mass is 10.3. The summed E-state index contributed by atoms with van der Waals surface area (Å²) in [6.07, 6.45) is 2.72. The molecule has 1 aromatic carbocycles. The molecule has 0 aliphatic heterocycles. The van der Waals surface area contributed by atoms with Crippen LogP contribution in [-0.4, -0.2) is 50.0 Å². The molecule has 0 aromatic heterocycles. The molecule has 19 heavy (non-hydrogen) atoms. The minimum atomic E-state index is -0.489. The average Bonchev–Trinajstić information content (AvgIpc) is 2.45. The Labute approximate surface area is 119 Å². The topological polar surface area (TPSA) is 50.7 Å². The molecule has 0 aliphatic rings. The third-order valence-corrected chi connectivity index (χ3v) is 3.28. The molecule has 0 saturated heterocycles. The minimum Gasteiger partial charge on any atom is -0.497 e. The second-order valence-electron chi connectivity index (χ2n) is 4.19. The van der Waals surface area contributed by atoms with Gasteiger partial charge in [0.2, 0.25) is 0 Å². The first kappa shape index (κ1) is 16.1. The number of rotatable bonds is 10. The van der Waals surface area contributed by atoms with Crippen molar-refractivity contribution in [2.75, 3.05) is 38.8 Å². The van der Waals surface area contributed by atoms with Crippen LogP contribution >= 0.6 is 11.8 Å². The average molecular weight is 285 g/mol. The maximum atomic E-state index is 9.75. The molecule has 2 N–H and O–H groups in total. The molecule has 0 aliphatic carbocycles. The predicted octanol–water partition coefficient (Wildman–Crippen LogP) is 1.78. The second-order valence-corrected chi connectivity index (χ2v) is 5.18. The summed E-state index contributed by atoms with van der Waals surface area (Å²) in [6, 6.07) is 7.33. The van der Waals surface area contributed by atoms with Gasteiger partial charge < -0.3 is 19.9 Å². The summed E-state index contributed by atoms with van der Waals surface area (Å²) in [5, 5.41) is 13.0. The summed E-state index contributed by atoms with van der Waals surface area (Å²) in [6.45, 7) is 1.78. The standard InChI is InChI=1S/C14H23NO3S/c1-17-13-4-6-14(7-5-13)18-11-12(16)10-15-8-3-9-19-2/h4-7,12,15-16H,3,8-11H2,1-2H3. The first-order chi connectivity index (χ1) is 9.26. The Morgan fingerprint density at radius 2 is 1.95 bits per heavy atom. The Morgan fingerprint density at radius 3 is 2.58 bits per heavy atom. The third-order valence-electron chi connectivity index (χ3n) is 2.58. The summed E-state index contributed by atoms with van der Waals surface area (Å²) >= 11 is 1.83. The van der Waals surface area contributed by atoms with Crippen molar-refractivity contribution in [3.63, 3.8) is 0 Å². The van der Waals surface area contributed by atoms with Crippen molar-refractivity contribution in [3.05, 3.63) is 24.3 Å². The Kier molecular flexibility index (Phi) is 8.45. The van der Waals surface area contributed by atoms with E-state index in [9.17, 15) is 5.11 Å². The Bertz CT molecular complexity index is 332. The lowest BCUT2D eigenvalue weighted by Gasteiger charge is -2.13. The SMILES string of the molecule is COc1ccc(OCC(O)CNCCCSC)cc1. The number of aliphatic hydroxyl groups excluding tert-OH is 1. The monoisotopic (exact) mass is 285 g/mol. The number of benzene rings is 1. The van der Waals surface area contributed by atoms with E-state index in [1.165, 1.54) is 0 Å². The van der Waals surface area contributed by atoms with Gasteiger partial charge >= 0.3 is 0 Å². The lowest BCUT2D eigenvalue weighted by molar-refractivity contribution is 0.106. The van der Waals surface area contributed by atoms with Crippen LogP contribution < -0.4 is 14.8 Å². The molecule has 0 fully saturated rings. The van der Waals surface area contributed by atoms with Gasteiger partial charge in [-0.25, -0.2) is 0 Å². The molecule has 0 spiro atoms. The van der Waals surface area contributed by atoms with E-state index >= 15 is 0 Å². The molecule has 0 saturated carbocycles. The second kappa shape index (κ2) is 9.95. The zero-order valence-corrected chi connectivity index (χ0v) is 12.4. The van der Waals surface area contributed by atoms with Crippen LogP contribution in [0.15, 0.2) is 24.3 Å². The first-order valence-electron chi connectivity index (χ1n) is 6.41. The Hall–Kier alpha value is -0.910. The number of thioether (sulfide) groups is 1. The highest BCUT2D eigenvalue weighted by Crippen LogP contribution is 2.16. The summed E-state index contributed by atoms with van der Waals surface area (Å²) in [7, 11) is 1.63.